The molecule has 2 heterocycles. The highest BCUT2D eigenvalue weighted by Gasteiger charge is 2.42. The molecule has 8 nitrogen and oxygen atoms in total. The first-order valence-corrected chi connectivity index (χ1v) is 11.6. The van der Waals surface area contributed by atoms with E-state index in [1.165, 1.54) is 11.8 Å². The van der Waals surface area contributed by atoms with E-state index in [-0.39, 0.29) is 29.7 Å². The second-order valence-corrected chi connectivity index (χ2v) is 8.69. The Hall–Kier alpha value is -2.88. The van der Waals surface area contributed by atoms with Crippen molar-refractivity contribution in [1.29, 1.82) is 0 Å². The molecule has 32 heavy (non-hydrogen) atoms. The smallest absolute Gasteiger partial charge is 0.241 e. The van der Waals surface area contributed by atoms with E-state index in [0.717, 1.165) is 22.6 Å². The van der Waals surface area contributed by atoms with Gasteiger partial charge in [0.2, 0.25) is 11.8 Å². The summed E-state index contributed by atoms with van der Waals surface area (Å²) in [5.41, 5.74) is 9.62. The average Bonchev–Trinajstić information content (AvgIpc) is 3.25. The van der Waals surface area contributed by atoms with Gasteiger partial charge in [-0.2, -0.15) is 0 Å². The van der Waals surface area contributed by atoms with Crippen LogP contribution in [-0.2, 0) is 9.59 Å². The van der Waals surface area contributed by atoms with Crippen LogP contribution in [0.4, 0.5) is 11.4 Å². The van der Waals surface area contributed by atoms with E-state index >= 15 is 0 Å². The summed E-state index contributed by atoms with van der Waals surface area (Å²) in [5, 5.41) is 3.45. The number of hydrogen-bond acceptors (Lipinski definition) is 7. The Labute approximate surface area is 191 Å². The van der Waals surface area contributed by atoms with Gasteiger partial charge < -0.3 is 10.1 Å². The minimum absolute atomic E-state index is 0.0518. The highest BCUT2D eigenvalue weighted by atomic mass is 32.2. The summed E-state index contributed by atoms with van der Waals surface area (Å²) in [6.07, 6.45) is -0.342. The molecule has 4 rings (SSSR count). The quantitative estimate of drug-likeness (QED) is 0.623. The maximum Gasteiger partial charge on any atom is 0.241 e. The van der Waals surface area contributed by atoms with Gasteiger partial charge in [-0.05, 0) is 62.2 Å². The standard InChI is InChI=1S/C23H27N5O3S/c1-4-31-17-9-7-16(8-10-17)28-22(30)18-12-24-27-21(18)26-23(28)32-13-20(29)25-19-11-14(2)5-6-15(19)3/h5-11,18,21,24,27H,4,12-13H2,1-3H3,(H,25,29). The fourth-order valence-corrected chi connectivity index (χ4v) is 4.50. The van der Waals surface area contributed by atoms with Gasteiger partial charge in [-0.15, -0.1) is 0 Å². The molecule has 1 saturated heterocycles. The number of thioether (sulfide) groups is 1. The van der Waals surface area contributed by atoms with E-state index in [1.54, 1.807) is 4.90 Å². The fourth-order valence-electron chi connectivity index (χ4n) is 3.65. The topological polar surface area (TPSA) is 95.1 Å². The molecule has 2 unspecified atom stereocenters. The normalized spacial score (nSPS) is 20.0. The van der Waals surface area contributed by atoms with Gasteiger partial charge in [-0.25, -0.2) is 10.4 Å². The maximum atomic E-state index is 13.3. The van der Waals surface area contributed by atoms with Gasteiger partial charge in [0, 0.05) is 12.2 Å². The largest absolute Gasteiger partial charge is 0.494 e. The Morgan fingerprint density at radius 1 is 1.25 bits per heavy atom. The lowest BCUT2D eigenvalue weighted by Gasteiger charge is -2.32. The SMILES string of the molecule is CCOc1ccc(N2C(=O)C3CNNC3N=C2SCC(=O)Nc2cc(C)ccc2C)cc1. The Kier molecular flexibility index (Phi) is 6.78. The molecule has 0 aromatic heterocycles. The number of amides is 2. The number of ether oxygens (including phenoxy) is 1. The van der Waals surface area contributed by atoms with E-state index in [2.05, 4.69) is 16.2 Å². The third-order valence-corrected chi connectivity index (χ3v) is 6.29. The van der Waals surface area contributed by atoms with Crippen LogP contribution in [-0.4, -0.2) is 42.1 Å². The summed E-state index contributed by atoms with van der Waals surface area (Å²) in [6, 6.07) is 13.3. The number of amidine groups is 1. The molecule has 0 saturated carbocycles. The molecule has 0 radical (unpaired) electrons. The number of aryl methyl sites for hydroxylation is 2. The van der Waals surface area contributed by atoms with E-state index in [1.807, 2.05) is 63.2 Å². The Bertz CT molecular complexity index is 1040. The fraction of sp³-hybridized carbons (Fsp3) is 0.348. The molecular weight excluding hydrogens is 426 g/mol. The van der Waals surface area contributed by atoms with Crippen molar-refractivity contribution in [3.05, 3.63) is 53.6 Å². The van der Waals surface area contributed by atoms with Crippen LogP contribution in [0.5, 0.6) is 5.75 Å². The minimum Gasteiger partial charge on any atom is -0.494 e. The minimum atomic E-state index is -0.342. The van der Waals surface area contributed by atoms with Gasteiger partial charge in [0.25, 0.3) is 0 Å². The lowest BCUT2D eigenvalue weighted by molar-refractivity contribution is -0.121. The van der Waals surface area contributed by atoms with Gasteiger partial charge >= 0.3 is 0 Å². The van der Waals surface area contributed by atoms with Crippen molar-refractivity contribution >= 4 is 40.1 Å². The molecule has 2 aromatic carbocycles. The van der Waals surface area contributed by atoms with Crippen molar-refractivity contribution in [1.82, 2.24) is 10.9 Å². The number of hydrogen-bond donors (Lipinski definition) is 3. The number of aliphatic imine (C=N–C) groups is 1. The van der Waals surface area contributed by atoms with Gasteiger partial charge in [0.15, 0.2) is 5.17 Å². The number of nitrogens with one attached hydrogen (secondary N) is 3. The molecule has 1 fully saturated rings. The van der Waals surface area contributed by atoms with Gasteiger partial charge in [0.05, 0.1) is 24.0 Å². The number of fused-ring (bicyclic) bond motifs is 1. The number of anilines is 2. The second kappa shape index (κ2) is 9.72. The van der Waals surface area contributed by atoms with Crippen LogP contribution in [0, 0.1) is 19.8 Å². The first kappa shape index (κ1) is 22.3. The molecule has 2 aliphatic rings. The van der Waals surface area contributed by atoms with Crippen molar-refractivity contribution in [3.63, 3.8) is 0 Å². The van der Waals surface area contributed by atoms with Crippen LogP contribution in [0.15, 0.2) is 47.5 Å². The lowest BCUT2D eigenvalue weighted by Crippen LogP contribution is -2.49. The van der Waals surface area contributed by atoms with E-state index in [0.29, 0.717) is 24.0 Å². The molecule has 2 aromatic rings. The summed E-state index contributed by atoms with van der Waals surface area (Å²) in [5.74, 6) is 0.378. The number of carbonyl (C=O) groups is 2. The van der Waals surface area contributed by atoms with Gasteiger partial charge in [-0.1, -0.05) is 23.9 Å². The Balaban J connectivity index is 1.52. The van der Waals surface area contributed by atoms with Crippen LogP contribution in [0.25, 0.3) is 0 Å². The highest BCUT2D eigenvalue weighted by Crippen LogP contribution is 2.30. The van der Waals surface area contributed by atoms with Crippen molar-refractivity contribution in [2.75, 3.05) is 29.1 Å². The monoisotopic (exact) mass is 453 g/mol. The van der Waals surface area contributed by atoms with E-state index in [4.69, 9.17) is 9.73 Å². The molecule has 2 amide bonds. The zero-order valence-corrected chi connectivity index (χ0v) is 19.2. The predicted octanol–water partition coefficient (Wildman–Crippen LogP) is 2.83. The van der Waals surface area contributed by atoms with Crippen molar-refractivity contribution in [2.45, 2.75) is 26.9 Å². The third-order valence-electron chi connectivity index (χ3n) is 5.34. The van der Waals surface area contributed by atoms with Gasteiger partial charge in [-0.3, -0.25) is 19.9 Å². The molecule has 3 N–H and O–H groups in total. The van der Waals surface area contributed by atoms with Crippen molar-refractivity contribution < 1.29 is 14.3 Å². The molecule has 0 aliphatic carbocycles. The molecule has 2 aliphatic heterocycles. The number of benzene rings is 2. The molecule has 2 atom stereocenters. The summed E-state index contributed by atoms with van der Waals surface area (Å²) in [6.45, 7) is 6.94. The van der Waals surface area contributed by atoms with Crippen LogP contribution in [0.1, 0.15) is 18.1 Å². The Morgan fingerprint density at radius 3 is 2.78 bits per heavy atom. The number of nitrogens with zero attached hydrogens (tertiary/aromatic N) is 2. The first-order valence-electron chi connectivity index (χ1n) is 10.6. The van der Waals surface area contributed by atoms with Crippen LogP contribution >= 0.6 is 11.8 Å². The molecule has 168 valence electrons. The van der Waals surface area contributed by atoms with Crippen LogP contribution in [0.2, 0.25) is 0 Å². The first-order chi connectivity index (χ1) is 15.5. The zero-order valence-electron chi connectivity index (χ0n) is 18.3. The Morgan fingerprint density at radius 2 is 2.03 bits per heavy atom. The molecule has 0 spiro atoms. The van der Waals surface area contributed by atoms with Crippen LogP contribution in [0.3, 0.4) is 0 Å². The summed E-state index contributed by atoms with van der Waals surface area (Å²) in [4.78, 5) is 32.2. The zero-order chi connectivity index (χ0) is 22.7. The van der Waals surface area contributed by atoms with Gasteiger partial charge in [0.1, 0.15) is 11.9 Å². The van der Waals surface area contributed by atoms with E-state index < -0.39 is 0 Å². The maximum absolute atomic E-state index is 13.3. The number of rotatable bonds is 6. The third kappa shape index (κ3) is 4.79. The number of hydrazine groups is 1. The second-order valence-electron chi connectivity index (χ2n) is 7.74. The molecular formula is C23H27N5O3S. The predicted molar refractivity (Wildman–Crippen MR) is 128 cm³/mol. The summed E-state index contributed by atoms with van der Waals surface area (Å²) in [7, 11) is 0. The van der Waals surface area contributed by atoms with Crippen molar-refractivity contribution in [2.24, 2.45) is 10.9 Å². The molecule has 0 bridgehead atoms. The van der Waals surface area contributed by atoms with Crippen molar-refractivity contribution in [3.8, 4) is 5.75 Å². The summed E-state index contributed by atoms with van der Waals surface area (Å²) >= 11 is 1.25. The highest BCUT2D eigenvalue weighted by molar-refractivity contribution is 8.14. The number of carbonyl (C=O) groups excluding carboxylic acids is 2. The van der Waals surface area contributed by atoms with E-state index in [9.17, 15) is 9.59 Å². The summed E-state index contributed by atoms with van der Waals surface area (Å²) < 4.78 is 5.51. The lowest BCUT2D eigenvalue weighted by atomic mass is 10.0. The average molecular weight is 454 g/mol. The molecule has 9 heteroatoms. The van der Waals surface area contributed by atoms with Crippen LogP contribution < -0.4 is 25.8 Å².